The lowest BCUT2D eigenvalue weighted by Crippen LogP contribution is -2.60. The number of rotatable bonds is 42. The maximum absolute atomic E-state index is 14.7. The number of hydrogen-bond donors (Lipinski definition) is 15. The number of carbonyl (C=O) groups is 13. The maximum atomic E-state index is 14.7. The number of aliphatic imine (C=N–C) groups is 1. The molecule has 0 spiro atoms. The molecule has 0 bridgehead atoms. The van der Waals surface area contributed by atoms with Crippen LogP contribution in [0.2, 0.25) is 0 Å². The Morgan fingerprint density at radius 2 is 1.01 bits per heavy atom. The van der Waals surface area contributed by atoms with Crippen LogP contribution in [0, 0.1) is 5.92 Å². The second-order valence-electron chi connectivity index (χ2n) is 24.1. The van der Waals surface area contributed by atoms with Gasteiger partial charge in [0.25, 0.3) is 0 Å². The van der Waals surface area contributed by atoms with Gasteiger partial charge in [0.1, 0.15) is 54.4 Å². The van der Waals surface area contributed by atoms with Gasteiger partial charge < -0.3 is 92.5 Å². The third-order valence-corrected chi connectivity index (χ3v) is 16.7. The van der Waals surface area contributed by atoms with Crippen LogP contribution >= 0.6 is 11.8 Å². The van der Waals surface area contributed by atoms with Gasteiger partial charge >= 0.3 is 0 Å². The second kappa shape index (κ2) is 41.0. The number of amides is 13. The Kier molecular flexibility index (Phi) is 33.9. The highest BCUT2D eigenvalue weighted by Gasteiger charge is 2.42. The number of likely N-dealkylation sites (tertiary alicyclic amines) is 2. The molecule has 2 aliphatic heterocycles. The van der Waals surface area contributed by atoms with Gasteiger partial charge in [0, 0.05) is 45.3 Å². The van der Waals surface area contributed by atoms with Crippen LogP contribution in [0.5, 0.6) is 0 Å². The van der Waals surface area contributed by atoms with Crippen LogP contribution in [0.4, 0.5) is 0 Å². The van der Waals surface area contributed by atoms with Crippen molar-refractivity contribution in [3.8, 4) is 0 Å². The molecule has 2 heterocycles. The summed E-state index contributed by atoms with van der Waals surface area (Å²) >= 11 is 1.45. The van der Waals surface area contributed by atoms with Gasteiger partial charge in [0.05, 0.1) is 12.6 Å². The number of nitrogens with two attached hydrogens (primary N) is 7. The van der Waals surface area contributed by atoms with E-state index in [0.29, 0.717) is 55.4 Å². The summed E-state index contributed by atoms with van der Waals surface area (Å²) in [5, 5.41) is 21.1. The summed E-state index contributed by atoms with van der Waals surface area (Å²) in [5.74, 6) is -9.80. The molecule has 0 aromatic heterocycles. The number of primary amides is 3. The molecule has 0 aliphatic carbocycles. The first-order valence-electron chi connectivity index (χ1n) is 32.2. The van der Waals surface area contributed by atoms with E-state index in [2.05, 4.69) is 47.5 Å². The summed E-state index contributed by atoms with van der Waals surface area (Å²) in [4.78, 5) is 185. The molecular weight excluding hydrogens is 1250 g/mol. The van der Waals surface area contributed by atoms with Crippen LogP contribution in [0.1, 0.15) is 121 Å². The maximum Gasteiger partial charge on any atom is 0.245 e. The number of hydrogen-bond acceptors (Lipinski definition) is 17. The molecule has 0 saturated carbocycles. The summed E-state index contributed by atoms with van der Waals surface area (Å²) in [6, 6.07) is 4.51. The van der Waals surface area contributed by atoms with Crippen molar-refractivity contribution in [2.75, 3.05) is 44.7 Å². The monoisotopic (exact) mass is 1350 g/mol. The smallest absolute Gasteiger partial charge is 0.245 e. The predicted molar refractivity (Wildman–Crippen MR) is 356 cm³/mol. The van der Waals surface area contributed by atoms with E-state index < -0.39 is 169 Å². The fourth-order valence-electron chi connectivity index (χ4n) is 11.0. The van der Waals surface area contributed by atoms with Gasteiger partial charge in [-0.25, -0.2) is 0 Å². The van der Waals surface area contributed by atoms with Crippen molar-refractivity contribution in [2.24, 2.45) is 51.0 Å². The summed E-state index contributed by atoms with van der Waals surface area (Å²) in [6.45, 7) is 3.86. The third-order valence-electron chi connectivity index (χ3n) is 16.0. The predicted octanol–water partition coefficient (Wildman–Crippen LogP) is -3.71. The Balaban J connectivity index is 1.56. The van der Waals surface area contributed by atoms with Gasteiger partial charge in [-0.05, 0) is 119 Å². The highest BCUT2D eigenvalue weighted by Crippen LogP contribution is 2.24. The summed E-state index contributed by atoms with van der Waals surface area (Å²) in [6.07, 6.45) is 3.12. The minimum Gasteiger partial charge on any atom is -0.370 e. The van der Waals surface area contributed by atoms with Crippen molar-refractivity contribution in [1.29, 1.82) is 0 Å². The molecule has 0 unspecified atom stereocenters. The number of carbonyl (C=O) groups excluding carboxylic acids is 13. The standard InChI is InChI=1S/C63H98N18O13S/c1-37(2)33-45(57(89)74-41(53(68)85)27-32-95-3)73-52(84)36-72-54(86)46(34-38-15-6-4-7-16-38)78-58(90)47(35-39-17-8-5-9-18-39)79-56(88)42(23-25-50(66)82)75-55(87)43(24-26-51(67)83)76-59(91)49-22-14-31-81(49)62(94)44(20-10-11-28-64)77-60(92)48-21-13-30-80(48)61(93)40(65)19-12-29-71-63(69)70/h4-9,15-18,37,40-49H,10-14,19-36,64-65H2,1-3H3,(H2,66,82)(H2,67,83)(H2,68,85)(H,72,86)(H,73,84)(H,74,89)(H,75,87)(H,76,91)(H,77,92)(H,78,90)(H,79,88)(H4,69,70,71)/t40-,41-,42+,43-,44+,45-,46+,47-,48+,49-/m0/s1. The summed E-state index contributed by atoms with van der Waals surface area (Å²) in [5.41, 5.74) is 40.6. The van der Waals surface area contributed by atoms with Crippen LogP contribution in [-0.4, -0.2) is 198 Å². The van der Waals surface area contributed by atoms with Crippen molar-refractivity contribution >= 4 is 94.5 Å². The molecule has 4 rings (SSSR count). The highest BCUT2D eigenvalue weighted by atomic mass is 32.2. The van der Waals surface area contributed by atoms with E-state index in [1.54, 1.807) is 60.7 Å². The molecule has 95 heavy (non-hydrogen) atoms. The molecule has 2 saturated heterocycles. The molecule has 2 aromatic carbocycles. The van der Waals surface area contributed by atoms with Gasteiger partial charge in [-0.15, -0.1) is 0 Å². The van der Waals surface area contributed by atoms with Crippen LogP contribution in [-0.2, 0) is 75.2 Å². The molecular formula is C63H98N18O13S. The topological polar surface area (TPSA) is 519 Å². The SMILES string of the molecule is CSCC[C@H](NC(=O)[C@H](CC(C)C)NC(=O)CNC(=O)[C@@H](Cc1ccccc1)NC(=O)[C@H](Cc1ccccc1)NC(=O)[C@@H](CCC(N)=O)NC(=O)[C@H](CCC(N)=O)NC(=O)[C@@H]1CCCN1C(=O)[C@@H](CCCCN)NC(=O)[C@H]1CCCN1C(=O)[C@@H](N)CCCN=C(N)N)C(N)=O. The minimum absolute atomic E-state index is 0.0736. The van der Waals surface area contributed by atoms with E-state index in [1.165, 1.54) is 21.6 Å². The Morgan fingerprint density at radius 3 is 1.51 bits per heavy atom. The van der Waals surface area contributed by atoms with Crippen LogP contribution in [0.25, 0.3) is 0 Å². The van der Waals surface area contributed by atoms with Gasteiger partial charge in [-0.1, -0.05) is 74.5 Å². The van der Waals surface area contributed by atoms with Crippen molar-refractivity contribution in [2.45, 2.75) is 183 Å². The van der Waals surface area contributed by atoms with E-state index in [1.807, 2.05) is 20.1 Å². The molecule has 22 N–H and O–H groups in total. The lowest BCUT2D eigenvalue weighted by Gasteiger charge is -2.32. The van der Waals surface area contributed by atoms with Crippen molar-refractivity contribution < 1.29 is 62.3 Å². The largest absolute Gasteiger partial charge is 0.370 e. The third kappa shape index (κ3) is 27.5. The number of benzene rings is 2. The molecule has 32 heteroatoms. The quantitative estimate of drug-likeness (QED) is 0.0173. The first-order chi connectivity index (χ1) is 45.2. The summed E-state index contributed by atoms with van der Waals surface area (Å²) in [7, 11) is 0. The average molecular weight is 1350 g/mol. The lowest BCUT2D eigenvalue weighted by molar-refractivity contribution is -0.144. The van der Waals surface area contributed by atoms with E-state index in [9.17, 15) is 62.3 Å². The zero-order chi connectivity index (χ0) is 70.1. The number of nitrogens with one attached hydrogen (secondary N) is 8. The molecule has 13 amide bonds. The summed E-state index contributed by atoms with van der Waals surface area (Å²) < 4.78 is 0. The Morgan fingerprint density at radius 1 is 0.537 bits per heavy atom. The Labute approximate surface area is 558 Å². The first-order valence-corrected chi connectivity index (χ1v) is 33.6. The van der Waals surface area contributed by atoms with Gasteiger partial charge in [-0.3, -0.25) is 67.3 Å². The molecule has 524 valence electrons. The molecule has 31 nitrogen and oxygen atoms in total. The highest BCUT2D eigenvalue weighted by molar-refractivity contribution is 7.98. The molecule has 2 aromatic rings. The molecule has 2 aliphatic rings. The molecule has 10 atom stereocenters. The number of unbranched alkanes of at least 4 members (excludes halogenated alkanes) is 1. The van der Waals surface area contributed by atoms with E-state index in [0.717, 1.165) is 0 Å². The first kappa shape index (κ1) is 78.5. The number of guanidine groups is 1. The van der Waals surface area contributed by atoms with Crippen LogP contribution in [0.3, 0.4) is 0 Å². The number of thioether (sulfide) groups is 1. The zero-order valence-corrected chi connectivity index (χ0v) is 55.3. The average Bonchev–Trinajstić information content (AvgIpc) is 1.74. The Bertz CT molecular complexity index is 2960. The van der Waals surface area contributed by atoms with Crippen molar-refractivity contribution in [3.05, 3.63) is 71.8 Å². The normalized spacial score (nSPS) is 16.8. The van der Waals surface area contributed by atoms with E-state index in [-0.39, 0.29) is 83.0 Å². The van der Waals surface area contributed by atoms with Gasteiger partial charge in [0.15, 0.2) is 5.96 Å². The minimum atomic E-state index is -1.64. The van der Waals surface area contributed by atoms with E-state index >= 15 is 0 Å². The van der Waals surface area contributed by atoms with Gasteiger partial charge in [-0.2, -0.15) is 11.8 Å². The number of nitrogens with zero attached hydrogens (tertiary/aromatic N) is 3. The van der Waals surface area contributed by atoms with Crippen molar-refractivity contribution in [3.63, 3.8) is 0 Å². The fraction of sp³-hybridized carbons (Fsp3) is 0.587. The Hall–Kier alpha value is -8.91. The fourth-order valence-corrected chi connectivity index (χ4v) is 11.5. The lowest BCUT2D eigenvalue weighted by atomic mass is 10.0. The van der Waals surface area contributed by atoms with Crippen molar-refractivity contribution in [1.82, 2.24) is 52.3 Å². The molecule has 2 fully saturated rings. The zero-order valence-electron chi connectivity index (χ0n) is 54.5. The second-order valence-corrected chi connectivity index (χ2v) is 25.1. The van der Waals surface area contributed by atoms with E-state index in [4.69, 9.17) is 40.1 Å². The van der Waals surface area contributed by atoms with Crippen LogP contribution in [0.15, 0.2) is 65.7 Å². The van der Waals surface area contributed by atoms with Crippen LogP contribution < -0.4 is 82.7 Å². The molecule has 0 radical (unpaired) electrons. The van der Waals surface area contributed by atoms with Gasteiger partial charge in [0.2, 0.25) is 76.8 Å².